The van der Waals surface area contributed by atoms with E-state index in [-0.39, 0.29) is 0 Å². The highest BCUT2D eigenvalue weighted by Gasteiger charge is 2.33. The van der Waals surface area contributed by atoms with E-state index in [2.05, 4.69) is 15.9 Å². The topological polar surface area (TPSA) is 61.5 Å². The lowest BCUT2D eigenvalue weighted by Gasteiger charge is -2.23. The van der Waals surface area contributed by atoms with Crippen LogP contribution in [0.25, 0.3) is 0 Å². The molecular formula is C11H17BrNO3P. The molecule has 0 unspecified atom stereocenters. The number of hydrogen-bond donors (Lipinski definition) is 1. The van der Waals surface area contributed by atoms with Crippen molar-refractivity contribution in [3.8, 4) is 0 Å². The van der Waals surface area contributed by atoms with Crippen LogP contribution in [0.3, 0.4) is 0 Å². The summed E-state index contributed by atoms with van der Waals surface area (Å²) >= 11 is 3.35. The van der Waals surface area contributed by atoms with Gasteiger partial charge < -0.3 is 14.8 Å². The molecule has 0 heterocycles. The van der Waals surface area contributed by atoms with E-state index < -0.39 is 13.4 Å². The van der Waals surface area contributed by atoms with Gasteiger partial charge in [-0.3, -0.25) is 4.57 Å². The molecule has 0 amide bonds. The first-order valence-corrected chi connectivity index (χ1v) is 7.83. The lowest BCUT2D eigenvalue weighted by molar-refractivity contribution is 0.212. The number of hydrogen-bond acceptors (Lipinski definition) is 4. The Labute approximate surface area is 110 Å². The molecule has 1 rings (SSSR count). The van der Waals surface area contributed by atoms with Crippen LogP contribution < -0.4 is 5.73 Å². The molecule has 1 aromatic carbocycles. The van der Waals surface area contributed by atoms with Gasteiger partial charge in [-0.2, -0.15) is 0 Å². The van der Waals surface area contributed by atoms with Crippen LogP contribution in [0.1, 0.15) is 25.2 Å². The predicted octanol–water partition coefficient (Wildman–Crippen LogP) is 3.67. The third-order valence-corrected chi connectivity index (χ3v) is 4.86. The average molecular weight is 322 g/mol. The van der Waals surface area contributed by atoms with Gasteiger partial charge in [-0.25, -0.2) is 0 Å². The second kappa shape index (κ2) is 6.66. The molecule has 0 fully saturated rings. The summed E-state index contributed by atoms with van der Waals surface area (Å²) in [6.45, 7) is 4.14. The predicted molar refractivity (Wildman–Crippen MR) is 71.9 cm³/mol. The number of nitrogens with two attached hydrogens (primary N) is 1. The van der Waals surface area contributed by atoms with Gasteiger partial charge in [0.2, 0.25) is 0 Å². The van der Waals surface area contributed by atoms with Gasteiger partial charge in [0.25, 0.3) is 0 Å². The van der Waals surface area contributed by atoms with Crippen molar-refractivity contribution in [3.63, 3.8) is 0 Å². The van der Waals surface area contributed by atoms with Gasteiger partial charge in [0, 0.05) is 4.47 Å². The van der Waals surface area contributed by atoms with Gasteiger partial charge in [0.05, 0.1) is 13.2 Å². The molecule has 0 radical (unpaired) electrons. The molecule has 0 aliphatic heterocycles. The highest BCUT2D eigenvalue weighted by molar-refractivity contribution is 9.10. The van der Waals surface area contributed by atoms with Gasteiger partial charge in [0.15, 0.2) is 0 Å². The fourth-order valence-electron chi connectivity index (χ4n) is 1.43. The Morgan fingerprint density at radius 1 is 1.35 bits per heavy atom. The highest BCUT2D eigenvalue weighted by atomic mass is 79.9. The van der Waals surface area contributed by atoms with Crippen molar-refractivity contribution in [3.05, 3.63) is 34.3 Å². The van der Waals surface area contributed by atoms with E-state index in [1.807, 2.05) is 18.2 Å². The third kappa shape index (κ3) is 3.90. The molecule has 0 aromatic heterocycles. The summed E-state index contributed by atoms with van der Waals surface area (Å²) in [6.07, 6.45) is 0. The van der Waals surface area contributed by atoms with Crippen LogP contribution in [0.15, 0.2) is 28.7 Å². The molecule has 96 valence electrons. The molecule has 0 aliphatic carbocycles. The maximum Gasteiger partial charge on any atom is 0.351 e. The maximum absolute atomic E-state index is 12.4. The van der Waals surface area contributed by atoms with Crippen LogP contribution in [0.4, 0.5) is 0 Å². The summed E-state index contributed by atoms with van der Waals surface area (Å²) in [7, 11) is -3.30. The minimum absolute atomic E-state index is 0.305. The first-order valence-electron chi connectivity index (χ1n) is 5.43. The van der Waals surface area contributed by atoms with Crippen LogP contribution in [0.2, 0.25) is 0 Å². The average Bonchev–Trinajstić information content (AvgIpc) is 2.28. The van der Waals surface area contributed by atoms with Crippen molar-refractivity contribution in [2.24, 2.45) is 5.73 Å². The summed E-state index contributed by atoms with van der Waals surface area (Å²) in [5.74, 6) is -0.764. The minimum Gasteiger partial charge on any atom is -0.314 e. The molecule has 0 bridgehead atoms. The highest BCUT2D eigenvalue weighted by Crippen LogP contribution is 2.58. The number of halogens is 1. The van der Waals surface area contributed by atoms with E-state index in [9.17, 15) is 4.57 Å². The van der Waals surface area contributed by atoms with E-state index in [0.717, 1.165) is 10.0 Å². The van der Waals surface area contributed by atoms with Gasteiger partial charge in [-0.05, 0) is 31.5 Å². The quantitative estimate of drug-likeness (QED) is 0.812. The third-order valence-electron chi connectivity index (χ3n) is 2.15. The second-order valence-corrected chi connectivity index (χ2v) is 6.44. The summed E-state index contributed by atoms with van der Waals surface area (Å²) in [5, 5.41) is 0. The van der Waals surface area contributed by atoms with Crippen molar-refractivity contribution in [1.82, 2.24) is 0 Å². The summed E-state index contributed by atoms with van der Waals surface area (Å²) < 4.78 is 23.8. The standard InChI is InChI=1S/C11H17BrNO3P/c1-3-15-17(14,16-4-2)11(13)9-6-5-7-10(12)8-9/h5-8,11H,3-4,13H2,1-2H3/t11-/m0/s1. The Morgan fingerprint density at radius 3 is 2.41 bits per heavy atom. The molecule has 4 nitrogen and oxygen atoms in total. The minimum atomic E-state index is -3.30. The van der Waals surface area contributed by atoms with Crippen molar-refractivity contribution < 1.29 is 13.6 Å². The summed E-state index contributed by atoms with van der Waals surface area (Å²) in [6, 6.07) is 7.33. The lowest BCUT2D eigenvalue weighted by Crippen LogP contribution is -2.15. The molecule has 2 N–H and O–H groups in total. The molecule has 6 heteroatoms. The van der Waals surface area contributed by atoms with E-state index in [1.165, 1.54) is 0 Å². The van der Waals surface area contributed by atoms with Gasteiger partial charge >= 0.3 is 7.60 Å². The van der Waals surface area contributed by atoms with E-state index >= 15 is 0 Å². The molecule has 0 saturated heterocycles. The zero-order valence-corrected chi connectivity index (χ0v) is 12.4. The van der Waals surface area contributed by atoms with E-state index in [0.29, 0.717) is 13.2 Å². The smallest absolute Gasteiger partial charge is 0.314 e. The molecule has 0 aliphatic rings. The second-order valence-electron chi connectivity index (χ2n) is 3.38. The summed E-state index contributed by atoms with van der Waals surface area (Å²) in [5.41, 5.74) is 6.71. The van der Waals surface area contributed by atoms with Crippen LogP contribution in [0.5, 0.6) is 0 Å². The Bertz CT molecular complexity index is 403. The van der Waals surface area contributed by atoms with Crippen LogP contribution in [-0.4, -0.2) is 13.2 Å². The number of benzene rings is 1. The summed E-state index contributed by atoms with van der Waals surface area (Å²) in [4.78, 5) is 0. The Hall–Kier alpha value is -0.190. The van der Waals surface area contributed by atoms with Crippen LogP contribution >= 0.6 is 23.5 Å². The van der Waals surface area contributed by atoms with Crippen LogP contribution in [-0.2, 0) is 13.6 Å². The van der Waals surface area contributed by atoms with Crippen molar-refractivity contribution in [2.45, 2.75) is 19.6 Å². The Morgan fingerprint density at radius 2 is 1.94 bits per heavy atom. The zero-order chi connectivity index (χ0) is 12.9. The molecular weight excluding hydrogens is 305 g/mol. The van der Waals surface area contributed by atoms with Gasteiger partial charge in [-0.15, -0.1) is 0 Å². The van der Waals surface area contributed by atoms with Crippen LogP contribution in [0, 0.1) is 0 Å². The maximum atomic E-state index is 12.4. The van der Waals surface area contributed by atoms with E-state index in [1.54, 1.807) is 19.9 Å². The van der Waals surface area contributed by atoms with Crippen molar-refractivity contribution >= 4 is 23.5 Å². The first-order chi connectivity index (χ1) is 8.03. The van der Waals surface area contributed by atoms with Gasteiger partial charge in [0.1, 0.15) is 5.78 Å². The normalized spacial score (nSPS) is 13.6. The van der Waals surface area contributed by atoms with E-state index in [4.69, 9.17) is 14.8 Å². The lowest BCUT2D eigenvalue weighted by atomic mass is 10.2. The Kier molecular flexibility index (Phi) is 5.83. The zero-order valence-electron chi connectivity index (χ0n) is 9.93. The fourth-order valence-corrected chi connectivity index (χ4v) is 3.49. The molecule has 1 atom stereocenters. The largest absolute Gasteiger partial charge is 0.351 e. The molecule has 17 heavy (non-hydrogen) atoms. The molecule has 0 spiro atoms. The van der Waals surface area contributed by atoms with Crippen molar-refractivity contribution in [1.29, 1.82) is 0 Å². The van der Waals surface area contributed by atoms with Gasteiger partial charge in [-0.1, -0.05) is 28.1 Å². The van der Waals surface area contributed by atoms with Crippen molar-refractivity contribution in [2.75, 3.05) is 13.2 Å². The number of rotatable bonds is 6. The first kappa shape index (κ1) is 14.9. The molecule has 1 aromatic rings. The Balaban J connectivity index is 2.99. The SMILES string of the molecule is CCOP(=O)(OCC)[C@H](N)c1cccc(Br)c1. The monoisotopic (exact) mass is 321 g/mol. The molecule has 0 saturated carbocycles. The fraction of sp³-hybridized carbons (Fsp3) is 0.455.